The van der Waals surface area contributed by atoms with Crippen molar-refractivity contribution >= 4 is 39.9 Å². The van der Waals surface area contributed by atoms with Gasteiger partial charge in [-0.25, -0.2) is 9.78 Å². The number of carbonyl (C=O) groups is 3. The molecule has 0 spiro atoms. The van der Waals surface area contributed by atoms with E-state index in [9.17, 15) is 14.4 Å². The lowest BCUT2D eigenvalue weighted by molar-refractivity contribution is -0.137. The Morgan fingerprint density at radius 3 is 2.62 bits per heavy atom. The zero-order valence-electron chi connectivity index (χ0n) is 17.7. The molecule has 3 rings (SSSR count). The first-order chi connectivity index (χ1) is 15.4. The quantitative estimate of drug-likeness (QED) is 0.403. The van der Waals surface area contributed by atoms with Gasteiger partial charge in [0.05, 0.1) is 18.4 Å². The van der Waals surface area contributed by atoms with Crippen LogP contribution in [0.15, 0.2) is 48.7 Å². The fraction of sp³-hybridized carbons (Fsp3) is 0.217. The summed E-state index contributed by atoms with van der Waals surface area (Å²) in [6.45, 7) is 1.87. The molecule has 166 valence electrons. The number of para-hydroxylation sites is 1. The van der Waals surface area contributed by atoms with E-state index in [1.54, 1.807) is 48.7 Å². The smallest absolute Gasteiger partial charge is 0.325 e. The molecule has 0 saturated heterocycles. The molecule has 0 fully saturated rings. The van der Waals surface area contributed by atoms with Crippen LogP contribution in [0.4, 0.5) is 15.6 Å². The minimum absolute atomic E-state index is 0.0809. The van der Waals surface area contributed by atoms with Gasteiger partial charge >= 0.3 is 12.0 Å². The molecule has 0 saturated carbocycles. The number of rotatable bonds is 9. The Bertz CT molecular complexity index is 1140. The number of carbonyl (C=O) groups excluding carboxylic acids is 2. The highest BCUT2D eigenvalue weighted by molar-refractivity contribution is 7.15. The number of anilines is 2. The monoisotopic (exact) mass is 453 g/mol. The van der Waals surface area contributed by atoms with E-state index in [1.165, 1.54) is 18.4 Å². The van der Waals surface area contributed by atoms with E-state index < -0.39 is 12.0 Å². The number of hydrogen-bond donors (Lipinski definition) is 3. The summed E-state index contributed by atoms with van der Waals surface area (Å²) in [5.41, 5.74) is 1.98. The Labute approximate surface area is 189 Å². The van der Waals surface area contributed by atoms with Crippen molar-refractivity contribution in [3.63, 3.8) is 0 Å². The summed E-state index contributed by atoms with van der Waals surface area (Å²) >= 11 is 1.28. The van der Waals surface area contributed by atoms with E-state index in [4.69, 9.17) is 9.84 Å². The number of carboxylic acid groups (broad SMARTS) is 1. The number of ketones is 1. The Morgan fingerprint density at radius 1 is 1.09 bits per heavy atom. The van der Waals surface area contributed by atoms with Gasteiger partial charge < -0.3 is 15.2 Å². The second-order valence-corrected chi connectivity index (χ2v) is 8.15. The third kappa shape index (κ3) is 5.92. The van der Waals surface area contributed by atoms with E-state index in [-0.39, 0.29) is 12.2 Å². The van der Waals surface area contributed by atoms with Gasteiger partial charge in [-0.3, -0.25) is 14.9 Å². The van der Waals surface area contributed by atoms with Gasteiger partial charge in [-0.05, 0) is 44.0 Å². The number of benzene rings is 2. The molecular formula is C23H23N3O5S. The summed E-state index contributed by atoms with van der Waals surface area (Å²) in [6, 6.07) is 11.6. The van der Waals surface area contributed by atoms with Crippen LogP contribution in [0.5, 0.6) is 5.75 Å². The first-order valence-electron chi connectivity index (χ1n) is 9.90. The van der Waals surface area contributed by atoms with Gasteiger partial charge in [0.15, 0.2) is 10.9 Å². The van der Waals surface area contributed by atoms with Crippen molar-refractivity contribution in [2.24, 2.45) is 0 Å². The number of aliphatic carboxylic acids is 1. The Balaban J connectivity index is 1.73. The van der Waals surface area contributed by atoms with Crippen molar-refractivity contribution < 1.29 is 24.2 Å². The minimum atomic E-state index is -0.844. The average molecular weight is 454 g/mol. The predicted octanol–water partition coefficient (Wildman–Crippen LogP) is 4.74. The zero-order chi connectivity index (χ0) is 23.1. The van der Waals surface area contributed by atoms with Gasteiger partial charge in [0.1, 0.15) is 5.75 Å². The molecule has 3 N–H and O–H groups in total. The van der Waals surface area contributed by atoms with Gasteiger partial charge in [0, 0.05) is 23.1 Å². The number of nitrogens with zero attached hydrogens (tertiary/aromatic N) is 1. The number of thiazole rings is 1. The number of hydrogen-bond acceptors (Lipinski definition) is 6. The number of amides is 2. The van der Waals surface area contributed by atoms with Crippen molar-refractivity contribution in [2.75, 3.05) is 17.7 Å². The molecule has 1 heterocycles. The fourth-order valence-electron chi connectivity index (χ4n) is 3.08. The van der Waals surface area contributed by atoms with Crippen LogP contribution >= 0.6 is 11.3 Å². The number of methoxy groups -OCH3 is 1. The standard InChI is InChI=1S/C23H23N3O5S/c1-14-10-11-18(17(12-14)21(29)16-7-3-4-8-19(16)31-2)25-22(30)26-23-24-13-15(32-23)6-5-9-20(27)28/h3-4,7-8,10-13H,5-6,9H2,1-2H3,(H,27,28)(H2,24,25,26,30). The molecule has 0 bridgehead atoms. The van der Waals surface area contributed by atoms with Crippen LogP contribution < -0.4 is 15.4 Å². The molecule has 1 aromatic heterocycles. The number of aromatic nitrogens is 1. The fourth-order valence-corrected chi connectivity index (χ4v) is 3.93. The van der Waals surface area contributed by atoms with Gasteiger partial charge in [0.2, 0.25) is 0 Å². The maximum atomic E-state index is 13.2. The zero-order valence-corrected chi connectivity index (χ0v) is 18.5. The van der Waals surface area contributed by atoms with Gasteiger partial charge in [-0.1, -0.05) is 23.8 Å². The highest BCUT2D eigenvalue weighted by Crippen LogP contribution is 2.27. The summed E-state index contributed by atoms with van der Waals surface area (Å²) in [4.78, 5) is 41.4. The highest BCUT2D eigenvalue weighted by atomic mass is 32.1. The molecular weight excluding hydrogens is 430 g/mol. The summed E-state index contributed by atoms with van der Waals surface area (Å²) in [7, 11) is 1.50. The minimum Gasteiger partial charge on any atom is -0.496 e. The summed E-state index contributed by atoms with van der Waals surface area (Å²) in [5, 5.41) is 14.5. The van der Waals surface area contributed by atoms with E-state index in [2.05, 4.69) is 15.6 Å². The van der Waals surface area contributed by atoms with E-state index in [1.807, 2.05) is 6.92 Å². The lowest BCUT2D eigenvalue weighted by Gasteiger charge is -2.13. The van der Waals surface area contributed by atoms with Crippen LogP contribution in [0.1, 0.15) is 39.2 Å². The van der Waals surface area contributed by atoms with Crippen LogP contribution in [0, 0.1) is 6.92 Å². The number of aryl methyl sites for hydroxylation is 2. The molecule has 9 heteroatoms. The molecule has 3 aromatic rings. The van der Waals surface area contributed by atoms with E-state index >= 15 is 0 Å². The number of carboxylic acids is 1. The molecule has 2 aromatic carbocycles. The van der Waals surface area contributed by atoms with Crippen molar-refractivity contribution in [3.05, 3.63) is 70.2 Å². The van der Waals surface area contributed by atoms with E-state index in [0.29, 0.717) is 40.5 Å². The molecule has 0 aliphatic rings. The summed E-state index contributed by atoms with van der Waals surface area (Å²) < 4.78 is 5.30. The largest absolute Gasteiger partial charge is 0.496 e. The second-order valence-electron chi connectivity index (χ2n) is 7.04. The first-order valence-corrected chi connectivity index (χ1v) is 10.7. The number of ether oxygens (including phenoxy) is 1. The molecule has 8 nitrogen and oxygen atoms in total. The Morgan fingerprint density at radius 2 is 1.88 bits per heavy atom. The summed E-state index contributed by atoms with van der Waals surface area (Å²) in [5.74, 6) is -0.659. The van der Waals surface area contributed by atoms with Crippen molar-refractivity contribution in [3.8, 4) is 5.75 Å². The molecule has 0 aliphatic heterocycles. The second kappa shape index (κ2) is 10.5. The molecule has 0 aliphatic carbocycles. The van der Waals surface area contributed by atoms with Crippen LogP contribution in [0.3, 0.4) is 0 Å². The van der Waals surface area contributed by atoms with Crippen molar-refractivity contribution in [2.45, 2.75) is 26.2 Å². The Kier molecular flexibility index (Phi) is 7.56. The molecule has 0 atom stereocenters. The Hall–Kier alpha value is -3.72. The number of nitrogens with one attached hydrogen (secondary N) is 2. The van der Waals surface area contributed by atoms with Gasteiger partial charge in [-0.2, -0.15) is 0 Å². The lowest BCUT2D eigenvalue weighted by atomic mass is 9.99. The maximum Gasteiger partial charge on any atom is 0.325 e. The molecule has 0 unspecified atom stereocenters. The lowest BCUT2D eigenvalue weighted by Crippen LogP contribution is -2.21. The van der Waals surface area contributed by atoms with E-state index in [0.717, 1.165) is 10.4 Å². The first kappa shape index (κ1) is 23.0. The third-order valence-corrected chi connectivity index (χ3v) is 5.58. The van der Waals surface area contributed by atoms with Crippen LogP contribution in [0.25, 0.3) is 0 Å². The normalized spacial score (nSPS) is 10.4. The summed E-state index contributed by atoms with van der Waals surface area (Å²) in [6.07, 6.45) is 2.77. The van der Waals surface area contributed by atoms with Crippen LogP contribution in [-0.2, 0) is 11.2 Å². The molecule has 0 radical (unpaired) electrons. The average Bonchev–Trinajstić information content (AvgIpc) is 3.21. The SMILES string of the molecule is COc1ccccc1C(=O)c1cc(C)ccc1NC(=O)Nc1ncc(CCCC(=O)O)s1. The molecule has 32 heavy (non-hydrogen) atoms. The van der Waals surface area contributed by atoms with Crippen LogP contribution in [0.2, 0.25) is 0 Å². The van der Waals surface area contributed by atoms with Gasteiger partial charge in [0.25, 0.3) is 0 Å². The highest BCUT2D eigenvalue weighted by Gasteiger charge is 2.19. The maximum absolute atomic E-state index is 13.2. The van der Waals surface area contributed by atoms with Crippen LogP contribution in [-0.4, -0.2) is 35.0 Å². The number of urea groups is 1. The van der Waals surface area contributed by atoms with Gasteiger partial charge in [-0.15, -0.1) is 11.3 Å². The molecule has 2 amide bonds. The third-order valence-electron chi connectivity index (χ3n) is 4.61. The van der Waals surface area contributed by atoms with Crippen molar-refractivity contribution in [1.29, 1.82) is 0 Å². The predicted molar refractivity (Wildman–Crippen MR) is 123 cm³/mol. The topological polar surface area (TPSA) is 118 Å². The van der Waals surface area contributed by atoms with Crippen molar-refractivity contribution in [1.82, 2.24) is 4.98 Å².